The van der Waals surface area contributed by atoms with E-state index in [1.807, 2.05) is 18.2 Å². The lowest BCUT2D eigenvalue weighted by molar-refractivity contribution is -0.143. The van der Waals surface area contributed by atoms with Gasteiger partial charge in [0.2, 0.25) is 5.91 Å². The molecule has 1 aliphatic heterocycles. The molecule has 1 aromatic carbocycles. The number of hydrogen-bond acceptors (Lipinski definition) is 3. The van der Waals surface area contributed by atoms with Crippen LogP contribution in [-0.4, -0.2) is 17.0 Å². The van der Waals surface area contributed by atoms with Crippen molar-refractivity contribution >= 4 is 17.6 Å². The van der Waals surface area contributed by atoms with Crippen LogP contribution in [0, 0.1) is 11.8 Å². The Labute approximate surface area is 123 Å². The van der Waals surface area contributed by atoms with Gasteiger partial charge in [0.25, 0.3) is 0 Å². The first-order chi connectivity index (χ1) is 10.1. The van der Waals surface area contributed by atoms with Crippen LogP contribution in [0.25, 0.3) is 0 Å². The highest BCUT2D eigenvalue weighted by atomic mass is 16.5. The molecule has 0 unspecified atom stereocenters. The van der Waals surface area contributed by atoms with Gasteiger partial charge >= 0.3 is 5.97 Å². The number of anilines is 1. The lowest BCUT2D eigenvalue weighted by atomic mass is 9.81. The summed E-state index contributed by atoms with van der Waals surface area (Å²) in [5.41, 5.74) is 3.10. The molecule has 1 amide bonds. The SMILES string of the molecule is O=C(O)C1CCC(C(=O)Nc2ccc3c(c2)COC3)CC1. The summed E-state index contributed by atoms with van der Waals surface area (Å²) in [6, 6.07) is 5.84. The van der Waals surface area contributed by atoms with Crippen LogP contribution in [0.4, 0.5) is 5.69 Å². The summed E-state index contributed by atoms with van der Waals surface area (Å²) in [4.78, 5) is 23.2. The van der Waals surface area contributed by atoms with Gasteiger partial charge in [-0.05, 0) is 48.9 Å². The first kappa shape index (κ1) is 14.1. The van der Waals surface area contributed by atoms with Gasteiger partial charge in [-0.25, -0.2) is 0 Å². The minimum atomic E-state index is -0.743. The van der Waals surface area contributed by atoms with Gasteiger partial charge in [-0.3, -0.25) is 9.59 Å². The maximum atomic E-state index is 12.3. The minimum Gasteiger partial charge on any atom is -0.481 e. The highest BCUT2D eigenvalue weighted by Crippen LogP contribution is 2.30. The zero-order valence-corrected chi connectivity index (χ0v) is 11.8. The van der Waals surface area contributed by atoms with Crippen LogP contribution < -0.4 is 5.32 Å². The third-order valence-corrected chi connectivity index (χ3v) is 4.44. The first-order valence-corrected chi connectivity index (χ1v) is 7.36. The van der Waals surface area contributed by atoms with Gasteiger partial charge in [-0.1, -0.05) is 6.07 Å². The molecule has 1 aliphatic carbocycles. The number of carboxylic acids is 1. The highest BCUT2D eigenvalue weighted by Gasteiger charge is 2.29. The Balaban J connectivity index is 1.58. The van der Waals surface area contributed by atoms with Crippen LogP contribution in [0.5, 0.6) is 0 Å². The summed E-state index contributed by atoms with van der Waals surface area (Å²) in [5, 5.41) is 11.9. The largest absolute Gasteiger partial charge is 0.481 e. The number of nitrogens with one attached hydrogen (secondary N) is 1. The predicted octanol–water partition coefficient (Wildman–Crippen LogP) is 2.55. The normalized spacial score (nSPS) is 24.4. The van der Waals surface area contributed by atoms with E-state index < -0.39 is 5.97 Å². The van der Waals surface area contributed by atoms with E-state index in [9.17, 15) is 9.59 Å². The smallest absolute Gasteiger partial charge is 0.306 e. The zero-order chi connectivity index (χ0) is 14.8. The molecular weight excluding hydrogens is 270 g/mol. The molecule has 1 saturated carbocycles. The Bertz CT molecular complexity index is 561. The molecule has 112 valence electrons. The van der Waals surface area contributed by atoms with Gasteiger partial charge in [-0.2, -0.15) is 0 Å². The molecule has 3 rings (SSSR count). The van der Waals surface area contributed by atoms with E-state index in [4.69, 9.17) is 9.84 Å². The first-order valence-electron chi connectivity index (χ1n) is 7.36. The lowest BCUT2D eigenvalue weighted by Crippen LogP contribution is -2.29. The Kier molecular flexibility index (Phi) is 3.92. The number of ether oxygens (including phenoxy) is 1. The monoisotopic (exact) mass is 289 g/mol. The second kappa shape index (κ2) is 5.85. The van der Waals surface area contributed by atoms with Crippen LogP contribution in [0.2, 0.25) is 0 Å². The summed E-state index contributed by atoms with van der Waals surface area (Å²) in [5.74, 6) is -1.11. The second-order valence-corrected chi connectivity index (χ2v) is 5.85. The topological polar surface area (TPSA) is 75.6 Å². The van der Waals surface area contributed by atoms with Crippen molar-refractivity contribution in [2.45, 2.75) is 38.9 Å². The Morgan fingerprint density at radius 1 is 1.05 bits per heavy atom. The maximum Gasteiger partial charge on any atom is 0.306 e. The van der Waals surface area contributed by atoms with Crippen molar-refractivity contribution < 1.29 is 19.4 Å². The fourth-order valence-electron chi connectivity index (χ4n) is 3.10. The molecule has 5 heteroatoms. The van der Waals surface area contributed by atoms with E-state index in [1.54, 1.807) is 0 Å². The standard InChI is InChI=1S/C16H19NO4/c18-15(10-1-3-11(4-2-10)16(19)20)17-14-6-5-12-8-21-9-13(12)7-14/h5-7,10-11H,1-4,8-9H2,(H,17,18)(H,19,20). The lowest BCUT2D eigenvalue weighted by Gasteiger charge is -2.25. The van der Waals surface area contributed by atoms with Gasteiger partial charge in [0.15, 0.2) is 0 Å². The minimum absolute atomic E-state index is 0.00213. The third kappa shape index (κ3) is 3.08. The number of carbonyl (C=O) groups excluding carboxylic acids is 1. The number of amides is 1. The van der Waals surface area contributed by atoms with Crippen LogP contribution in [0.1, 0.15) is 36.8 Å². The molecule has 0 saturated heterocycles. The summed E-state index contributed by atoms with van der Waals surface area (Å²) in [7, 11) is 0. The molecule has 2 aliphatic rings. The molecule has 0 radical (unpaired) electrons. The summed E-state index contributed by atoms with van der Waals surface area (Å²) < 4.78 is 5.36. The molecule has 2 N–H and O–H groups in total. The summed E-state index contributed by atoms with van der Waals surface area (Å²) in [6.07, 6.45) is 2.48. The number of carboxylic acid groups (broad SMARTS) is 1. The Hall–Kier alpha value is -1.88. The van der Waals surface area contributed by atoms with E-state index in [1.165, 1.54) is 5.56 Å². The zero-order valence-electron chi connectivity index (χ0n) is 11.8. The highest BCUT2D eigenvalue weighted by molar-refractivity contribution is 5.92. The molecule has 0 spiro atoms. The number of rotatable bonds is 3. The number of carbonyl (C=O) groups is 2. The number of aliphatic carboxylic acids is 1. The summed E-state index contributed by atoms with van der Waals surface area (Å²) >= 11 is 0. The van der Waals surface area contributed by atoms with Crippen LogP contribution >= 0.6 is 0 Å². The van der Waals surface area contributed by atoms with Crippen LogP contribution in [-0.2, 0) is 27.5 Å². The molecular formula is C16H19NO4. The van der Waals surface area contributed by atoms with Crippen molar-refractivity contribution in [2.75, 3.05) is 5.32 Å². The quantitative estimate of drug-likeness (QED) is 0.896. The fourth-order valence-corrected chi connectivity index (χ4v) is 3.10. The molecule has 0 atom stereocenters. The molecule has 1 heterocycles. The third-order valence-electron chi connectivity index (χ3n) is 4.44. The molecule has 0 aromatic heterocycles. The van der Waals surface area contributed by atoms with Gasteiger partial charge in [0, 0.05) is 11.6 Å². The van der Waals surface area contributed by atoms with E-state index in [0.717, 1.165) is 11.3 Å². The average molecular weight is 289 g/mol. The predicted molar refractivity (Wildman–Crippen MR) is 76.6 cm³/mol. The molecule has 5 nitrogen and oxygen atoms in total. The number of hydrogen-bond donors (Lipinski definition) is 2. The van der Waals surface area contributed by atoms with Crippen molar-refractivity contribution in [3.63, 3.8) is 0 Å². The maximum absolute atomic E-state index is 12.3. The van der Waals surface area contributed by atoms with Crippen LogP contribution in [0.15, 0.2) is 18.2 Å². The fraction of sp³-hybridized carbons (Fsp3) is 0.500. The Morgan fingerprint density at radius 3 is 2.43 bits per heavy atom. The van der Waals surface area contributed by atoms with Crippen molar-refractivity contribution in [3.8, 4) is 0 Å². The number of benzene rings is 1. The molecule has 1 fully saturated rings. The van der Waals surface area contributed by atoms with E-state index in [0.29, 0.717) is 38.9 Å². The average Bonchev–Trinajstić information content (AvgIpc) is 2.95. The van der Waals surface area contributed by atoms with Gasteiger partial charge < -0.3 is 15.2 Å². The summed E-state index contributed by atoms with van der Waals surface area (Å²) in [6.45, 7) is 1.24. The van der Waals surface area contributed by atoms with Crippen LogP contribution in [0.3, 0.4) is 0 Å². The number of fused-ring (bicyclic) bond motifs is 1. The van der Waals surface area contributed by atoms with Gasteiger partial charge in [0.1, 0.15) is 0 Å². The van der Waals surface area contributed by atoms with Gasteiger partial charge in [-0.15, -0.1) is 0 Å². The van der Waals surface area contributed by atoms with E-state index in [-0.39, 0.29) is 17.7 Å². The van der Waals surface area contributed by atoms with Crippen molar-refractivity contribution in [1.82, 2.24) is 0 Å². The Morgan fingerprint density at radius 2 is 1.71 bits per heavy atom. The van der Waals surface area contributed by atoms with E-state index in [2.05, 4.69) is 5.32 Å². The van der Waals surface area contributed by atoms with E-state index >= 15 is 0 Å². The van der Waals surface area contributed by atoms with Crippen molar-refractivity contribution in [3.05, 3.63) is 29.3 Å². The molecule has 0 bridgehead atoms. The second-order valence-electron chi connectivity index (χ2n) is 5.85. The van der Waals surface area contributed by atoms with Gasteiger partial charge in [0.05, 0.1) is 19.1 Å². The molecule has 1 aromatic rings. The van der Waals surface area contributed by atoms with Crippen molar-refractivity contribution in [2.24, 2.45) is 11.8 Å². The molecule has 21 heavy (non-hydrogen) atoms. The van der Waals surface area contributed by atoms with Crippen molar-refractivity contribution in [1.29, 1.82) is 0 Å².